The number of carbonyl (C=O) groups is 1. The number of rotatable bonds is 7. The fraction of sp³-hybridized carbons (Fsp3) is 0.500. The van der Waals surface area contributed by atoms with Crippen LogP contribution >= 0.6 is 0 Å². The smallest absolute Gasteiger partial charge is 0.244 e. The number of para-hydroxylation sites is 1. The SMILES string of the molecule is CN(C)S(=O)(=O)c1ccccc1NCCC(=O)NC1CC1. The normalized spacial score (nSPS) is 15.0. The number of hydrogen-bond acceptors (Lipinski definition) is 4. The number of hydrogen-bond donors (Lipinski definition) is 2. The maximum absolute atomic E-state index is 12.2. The molecule has 1 aromatic rings. The van der Waals surface area contributed by atoms with Crippen LogP contribution in [0.4, 0.5) is 5.69 Å². The molecule has 0 heterocycles. The Morgan fingerprint density at radius 2 is 1.95 bits per heavy atom. The molecule has 2 N–H and O–H groups in total. The summed E-state index contributed by atoms with van der Waals surface area (Å²) in [5, 5.41) is 5.93. The molecule has 6 nitrogen and oxygen atoms in total. The van der Waals surface area contributed by atoms with E-state index in [-0.39, 0.29) is 10.8 Å². The van der Waals surface area contributed by atoms with Gasteiger partial charge in [-0.15, -0.1) is 0 Å². The van der Waals surface area contributed by atoms with Crippen molar-refractivity contribution < 1.29 is 13.2 Å². The van der Waals surface area contributed by atoms with Crippen LogP contribution < -0.4 is 10.6 Å². The van der Waals surface area contributed by atoms with Crippen LogP contribution in [0.3, 0.4) is 0 Å². The van der Waals surface area contributed by atoms with Crippen molar-refractivity contribution in [3.63, 3.8) is 0 Å². The van der Waals surface area contributed by atoms with Crippen LogP contribution in [0, 0.1) is 0 Å². The highest BCUT2D eigenvalue weighted by atomic mass is 32.2. The van der Waals surface area contributed by atoms with E-state index in [4.69, 9.17) is 0 Å². The first kappa shape index (κ1) is 15.8. The largest absolute Gasteiger partial charge is 0.383 e. The van der Waals surface area contributed by atoms with E-state index in [2.05, 4.69) is 10.6 Å². The van der Waals surface area contributed by atoms with Crippen molar-refractivity contribution in [1.82, 2.24) is 9.62 Å². The number of anilines is 1. The van der Waals surface area contributed by atoms with Crippen molar-refractivity contribution in [2.45, 2.75) is 30.2 Å². The highest BCUT2D eigenvalue weighted by Crippen LogP contribution is 2.23. The summed E-state index contributed by atoms with van der Waals surface area (Å²) in [5.74, 6) is -0.00190. The monoisotopic (exact) mass is 311 g/mol. The molecule has 0 unspecified atom stereocenters. The van der Waals surface area contributed by atoms with E-state index in [1.807, 2.05) is 0 Å². The second-order valence-corrected chi connectivity index (χ2v) is 7.42. The molecule has 2 rings (SSSR count). The lowest BCUT2D eigenvalue weighted by atomic mass is 10.3. The summed E-state index contributed by atoms with van der Waals surface area (Å²) in [6, 6.07) is 7.05. The summed E-state index contributed by atoms with van der Waals surface area (Å²) in [6.45, 7) is 0.401. The molecule has 1 aromatic carbocycles. The van der Waals surface area contributed by atoms with Crippen molar-refractivity contribution in [2.75, 3.05) is 26.0 Å². The average molecular weight is 311 g/mol. The van der Waals surface area contributed by atoms with E-state index in [0.717, 1.165) is 12.8 Å². The van der Waals surface area contributed by atoms with Crippen molar-refractivity contribution >= 4 is 21.6 Å². The maximum atomic E-state index is 12.2. The summed E-state index contributed by atoms with van der Waals surface area (Å²) in [4.78, 5) is 11.8. The van der Waals surface area contributed by atoms with Gasteiger partial charge in [-0.25, -0.2) is 12.7 Å². The molecule has 1 aliphatic rings. The van der Waals surface area contributed by atoms with Gasteiger partial charge in [0.25, 0.3) is 0 Å². The fourth-order valence-corrected chi connectivity index (χ4v) is 2.93. The molecule has 0 saturated heterocycles. The number of amides is 1. The van der Waals surface area contributed by atoms with Crippen LogP contribution in [-0.4, -0.2) is 45.3 Å². The minimum atomic E-state index is -3.50. The topological polar surface area (TPSA) is 78.5 Å². The number of benzene rings is 1. The molecule has 0 aliphatic heterocycles. The van der Waals surface area contributed by atoms with Gasteiger partial charge in [-0.05, 0) is 25.0 Å². The van der Waals surface area contributed by atoms with E-state index in [1.165, 1.54) is 18.4 Å². The lowest BCUT2D eigenvalue weighted by Crippen LogP contribution is -2.27. The number of nitrogens with zero attached hydrogens (tertiary/aromatic N) is 1. The molecule has 1 saturated carbocycles. The van der Waals surface area contributed by atoms with Crippen molar-refractivity contribution in [3.05, 3.63) is 24.3 Å². The highest BCUT2D eigenvalue weighted by Gasteiger charge is 2.23. The van der Waals surface area contributed by atoms with Crippen LogP contribution in [0.2, 0.25) is 0 Å². The molecule has 0 bridgehead atoms. The summed E-state index contributed by atoms with van der Waals surface area (Å²) in [6.07, 6.45) is 2.44. The zero-order valence-electron chi connectivity index (χ0n) is 12.3. The first-order valence-electron chi connectivity index (χ1n) is 6.96. The number of nitrogens with one attached hydrogen (secondary N) is 2. The lowest BCUT2D eigenvalue weighted by Gasteiger charge is -2.16. The summed E-state index contributed by atoms with van der Waals surface area (Å²) in [5.41, 5.74) is 0.519. The van der Waals surface area contributed by atoms with Crippen molar-refractivity contribution in [3.8, 4) is 0 Å². The van der Waals surface area contributed by atoms with Crippen molar-refractivity contribution in [2.24, 2.45) is 0 Å². The second-order valence-electron chi connectivity index (χ2n) is 5.30. The maximum Gasteiger partial charge on any atom is 0.244 e. The Balaban J connectivity index is 1.98. The van der Waals surface area contributed by atoms with Gasteiger partial charge in [0.1, 0.15) is 4.90 Å². The van der Waals surface area contributed by atoms with Gasteiger partial charge in [-0.1, -0.05) is 12.1 Å². The molecule has 1 fully saturated rings. The minimum Gasteiger partial charge on any atom is -0.383 e. The molecule has 0 atom stereocenters. The first-order valence-corrected chi connectivity index (χ1v) is 8.40. The molecule has 7 heteroatoms. The van der Waals surface area contributed by atoms with Gasteiger partial charge < -0.3 is 10.6 Å². The summed E-state index contributed by atoms with van der Waals surface area (Å²) < 4.78 is 25.6. The zero-order chi connectivity index (χ0) is 15.5. The second kappa shape index (κ2) is 6.44. The van der Waals surface area contributed by atoms with Crippen LogP contribution in [0.1, 0.15) is 19.3 Å². The third-order valence-corrected chi connectivity index (χ3v) is 5.13. The van der Waals surface area contributed by atoms with E-state index < -0.39 is 10.0 Å². The molecular weight excluding hydrogens is 290 g/mol. The van der Waals surface area contributed by atoms with Gasteiger partial charge in [0.15, 0.2) is 0 Å². The third kappa shape index (κ3) is 4.18. The minimum absolute atomic E-state index is 0.00190. The summed E-state index contributed by atoms with van der Waals surface area (Å²) >= 11 is 0. The van der Waals surface area contributed by atoms with Crippen LogP contribution in [0.5, 0.6) is 0 Å². The Morgan fingerprint density at radius 1 is 1.29 bits per heavy atom. The standard InChI is InChI=1S/C14H21N3O3S/c1-17(2)21(19,20)13-6-4-3-5-12(13)15-10-9-14(18)16-11-7-8-11/h3-6,11,15H,7-10H2,1-2H3,(H,16,18). The average Bonchev–Trinajstić information content (AvgIpc) is 3.23. The number of carbonyl (C=O) groups excluding carboxylic acids is 1. The van der Waals surface area contributed by atoms with E-state index in [9.17, 15) is 13.2 Å². The number of sulfonamides is 1. The third-order valence-electron chi connectivity index (χ3n) is 3.26. The fourth-order valence-electron chi connectivity index (χ4n) is 1.87. The molecule has 0 aromatic heterocycles. The predicted molar refractivity (Wildman–Crippen MR) is 81.6 cm³/mol. The van der Waals surface area contributed by atoms with E-state index in [1.54, 1.807) is 24.3 Å². The Morgan fingerprint density at radius 3 is 2.57 bits per heavy atom. The van der Waals surface area contributed by atoms with Gasteiger partial charge in [-0.3, -0.25) is 4.79 Å². The Kier molecular flexibility index (Phi) is 4.84. The van der Waals surface area contributed by atoms with Gasteiger partial charge in [-0.2, -0.15) is 0 Å². The Labute approximate surface area is 125 Å². The van der Waals surface area contributed by atoms with Crippen LogP contribution in [0.25, 0.3) is 0 Å². The van der Waals surface area contributed by atoms with Gasteiger partial charge in [0.05, 0.1) is 5.69 Å². The highest BCUT2D eigenvalue weighted by molar-refractivity contribution is 7.89. The molecule has 0 radical (unpaired) electrons. The van der Waals surface area contributed by atoms with E-state index in [0.29, 0.717) is 24.7 Å². The molecule has 0 spiro atoms. The van der Waals surface area contributed by atoms with Crippen LogP contribution in [-0.2, 0) is 14.8 Å². The first-order chi connectivity index (χ1) is 9.91. The predicted octanol–water partition coefficient (Wildman–Crippen LogP) is 1.02. The zero-order valence-corrected chi connectivity index (χ0v) is 13.1. The van der Waals surface area contributed by atoms with Gasteiger partial charge in [0, 0.05) is 33.1 Å². The molecular formula is C14H21N3O3S. The Hall–Kier alpha value is -1.60. The molecule has 1 aliphatic carbocycles. The molecule has 116 valence electrons. The van der Waals surface area contributed by atoms with Crippen molar-refractivity contribution in [1.29, 1.82) is 0 Å². The van der Waals surface area contributed by atoms with Gasteiger partial charge >= 0.3 is 0 Å². The van der Waals surface area contributed by atoms with Crippen LogP contribution in [0.15, 0.2) is 29.2 Å². The molecule has 21 heavy (non-hydrogen) atoms. The van der Waals surface area contributed by atoms with E-state index >= 15 is 0 Å². The summed E-state index contributed by atoms with van der Waals surface area (Å²) in [7, 11) is -0.506. The quantitative estimate of drug-likeness (QED) is 0.788. The Bertz CT molecular complexity index is 610. The molecule has 1 amide bonds. The lowest BCUT2D eigenvalue weighted by molar-refractivity contribution is -0.120. The van der Waals surface area contributed by atoms with Gasteiger partial charge in [0.2, 0.25) is 15.9 Å².